The molecule has 0 saturated carbocycles. The first kappa shape index (κ1) is 28.3. The van der Waals surface area contributed by atoms with Crippen LogP contribution in [0.2, 0.25) is 0 Å². The number of nitrogens with one attached hydrogen (secondary N) is 2. The zero-order chi connectivity index (χ0) is 27.5. The minimum absolute atomic E-state index is 0.0282. The van der Waals surface area contributed by atoms with E-state index in [1.54, 1.807) is 31.2 Å². The number of hydrogen-bond donors (Lipinski definition) is 4. The van der Waals surface area contributed by atoms with Crippen molar-refractivity contribution in [3.8, 4) is 11.4 Å². The van der Waals surface area contributed by atoms with Crippen LogP contribution >= 0.6 is 0 Å². The van der Waals surface area contributed by atoms with E-state index in [2.05, 4.69) is 20.6 Å². The summed E-state index contributed by atoms with van der Waals surface area (Å²) in [6.07, 6.45) is -0.912. The Morgan fingerprint density at radius 3 is 2.37 bits per heavy atom. The van der Waals surface area contributed by atoms with E-state index in [4.69, 9.17) is 9.84 Å². The number of nitrogens with zero attached hydrogens (tertiary/aromatic N) is 4. The van der Waals surface area contributed by atoms with Gasteiger partial charge in [-0.2, -0.15) is 0 Å². The smallest absolute Gasteiger partial charge is 0.409 e. The second kappa shape index (κ2) is 13.9. The molecule has 1 fully saturated rings. The van der Waals surface area contributed by atoms with Gasteiger partial charge in [-0.25, -0.2) is 14.8 Å². The molecule has 0 radical (unpaired) electrons. The van der Waals surface area contributed by atoms with Crippen molar-refractivity contribution in [1.82, 2.24) is 25.1 Å². The van der Waals surface area contributed by atoms with Gasteiger partial charge >= 0.3 is 12.1 Å². The molecule has 1 atom stereocenters. The highest BCUT2D eigenvalue weighted by Gasteiger charge is 2.31. The number of hydrogen-bond acceptors (Lipinski definition) is 9. The minimum atomic E-state index is -1.11. The summed E-state index contributed by atoms with van der Waals surface area (Å²) < 4.78 is 5.00. The van der Waals surface area contributed by atoms with Crippen LogP contribution < -0.4 is 10.6 Å². The number of carbonyl (C=O) groups excluding carboxylic acids is 3. The molecule has 1 aromatic heterocycles. The van der Waals surface area contributed by atoms with Gasteiger partial charge in [0.05, 0.1) is 13.2 Å². The van der Waals surface area contributed by atoms with Gasteiger partial charge < -0.3 is 35.4 Å². The van der Waals surface area contributed by atoms with E-state index >= 15 is 0 Å². The monoisotopic (exact) mass is 528 g/mol. The lowest BCUT2D eigenvalue weighted by Gasteiger charge is -2.35. The van der Waals surface area contributed by atoms with Crippen LogP contribution in [0.5, 0.6) is 0 Å². The lowest BCUT2D eigenvalue weighted by Crippen LogP contribution is -2.56. The second-order valence-electron chi connectivity index (χ2n) is 8.45. The highest BCUT2D eigenvalue weighted by Crippen LogP contribution is 2.18. The molecule has 13 nitrogen and oxygen atoms in total. The van der Waals surface area contributed by atoms with Crippen LogP contribution in [0.15, 0.2) is 36.4 Å². The number of aliphatic hydroxyl groups is 1. The summed E-state index contributed by atoms with van der Waals surface area (Å²) in [4.78, 5) is 61.5. The molecule has 3 amide bonds. The van der Waals surface area contributed by atoms with Gasteiger partial charge in [0.25, 0.3) is 5.91 Å². The first-order chi connectivity index (χ1) is 18.3. The SMILES string of the molecule is CCOC(=O)N1CCN(C(=O)[C@H](CCC(=O)O)NC(=O)c2cc(NCCO)nc(-c3ccccc3)n2)CC1. The van der Waals surface area contributed by atoms with E-state index in [-0.39, 0.29) is 70.3 Å². The van der Waals surface area contributed by atoms with Crippen molar-refractivity contribution < 1.29 is 34.1 Å². The van der Waals surface area contributed by atoms with Crippen molar-refractivity contribution in [2.75, 3.05) is 51.3 Å². The van der Waals surface area contributed by atoms with Gasteiger partial charge in [0, 0.05) is 50.8 Å². The van der Waals surface area contributed by atoms with Gasteiger partial charge in [-0.3, -0.25) is 14.4 Å². The van der Waals surface area contributed by atoms with Crippen molar-refractivity contribution in [3.05, 3.63) is 42.1 Å². The number of rotatable bonds is 11. The fourth-order valence-electron chi connectivity index (χ4n) is 3.86. The highest BCUT2D eigenvalue weighted by atomic mass is 16.6. The molecule has 3 rings (SSSR count). The van der Waals surface area contributed by atoms with Gasteiger partial charge in [-0.05, 0) is 13.3 Å². The van der Waals surface area contributed by atoms with Crippen LogP contribution in [0.4, 0.5) is 10.6 Å². The number of anilines is 1. The summed E-state index contributed by atoms with van der Waals surface area (Å²) in [5, 5.41) is 23.9. The molecule has 1 aromatic carbocycles. The molecule has 0 bridgehead atoms. The number of benzene rings is 1. The number of carbonyl (C=O) groups is 4. The molecule has 2 aromatic rings. The molecule has 0 spiro atoms. The molecule has 0 aliphatic carbocycles. The third-order valence-electron chi connectivity index (χ3n) is 5.78. The van der Waals surface area contributed by atoms with Crippen molar-refractivity contribution in [2.45, 2.75) is 25.8 Å². The summed E-state index contributed by atoms with van der Waals surface area (Å²) in [7, 11) is 0. The third-order valence-corrected chi connectivity index (χ3v) is 5.78. The van der Waals surface area contributed by atoms with Crippen molar-refractivity contribution in [1.29, 1.82) is 0 Å². The first-order valence-electron chi connectivity index (χ1n) is 12.3. The number of carboxylic acid groups (broad SMARTS) is 1. The number of aliphatic carboxylic acids is 1. The third kappa shape index (κ3) is 7.87. The Labute approximate surface area is 219 Å². The molecule has 1 aliphatic heterocycles. The number of amides is 3. The molecular weight excluding hydrogens is 496 g/mol. The van der Waals surface area contributed by atoms with Crippen LogP contribution in [-0.4, -0.2) is 106 Å². The average Bonchev–Trinajstić information content (AvgIpc) is 2.94. The molecule has 38 heavy (non-hydrogen) atoms. The molecule has 0 unspecified atom stereocenters. The first-order valence-corrected chi connectivity index (χ1v) is 12.3. The summed E-state index contributed by atoms with van der Waals surface area (Å²) in [6, 6.07) is 9.27. The van der Waals surface area contributed by atoms with Crippen molar-refractivity contribution in [2.24, 2.45) is 0 Å². The number of aromatic nitrogens is 2. The summed E-state index contributed by atoms with van der Waals surface area (Å²) >= 11 is 0. The predicted molar refractivity (Wildman–Crippen MR) is 136 cm³/mol. The Hall–Kier alpha value is -4.26. The molecule has 1 aliphatic rings. The Kier molecular flexibility index (Phi) is 10.3. The van der Waals surface area contributed by atoms with Crippen LogP contribution in [-0.2, 0) is 14.3 Å². The fourth-order valence-corrected chi connectivity index (χ4v) is 3.86. The van der Waals surface area contributed by atoms with Gasteiger partial charge in [-0.1, -0.05) is 30.3 Å². The maximum Gasteiger partial charge on any atom is 0.409 e. The number of ether oxygens (including phenoxy) is 1. The van der Waals surface area contributed by atoms with E-state index in [0.29, 0.717) is 11.4 Å². The van der Waals surface area contributed by atoms with Gasteiger partial charge in [0.1, 0.15) is 17.6 Å². The summed E-state index contributed by atoms with van der Waals surface area (Å²) in [5.41, 5.74) is 0.631. The Balaban J connectivity index is 1.78. The molecular formula is C25H32N6O7. The Morgan fingerprint density at radius 2 is 1.74 bits per heavy atom. The lowest BCUT2D eigenvalue weighted by atomic mass is 10.1. The topological polar surface area (TPSA) is 174 Å². The van der Waals surface area contributed by atoms with Crippen molar-refractivity contribution in [3.63, 3.8) is 0 Å². The van der Waals surface area contributed by atoms with E-state index in [9.17, 15) is 24.3 Å². The number of aliphatic hydroxyl groups excluding tert-OH is 1. The number of carboxylic acids is 1. The average molecular weight is 529 g/mol. The zero-order valence-electron chi connectivity index (χ0n) is 21.1. The largest absolute Gasteiger partial charge is 0.481 e. The summed E-state index contributed by atoms with van der Waals surface area (Å²) in [6.45, 7) is 2.96. The Bertz CT molecular complexity index is 1120. The molecule has 4 N–H and O–H groups in total. The molecule has 1 saturated heterocycles. The van der Waals surface area contributed by atoms with Crippen LogP contribution in [0.3, 0.4) is 0 Å². The van der Waals surface area contributed by atoms with Gasteiger partial charge in [-0.15, -0.1) is 0 Å². The van der Waals surface area contributed by atoms with Gasteiger partial charge in [0.15, 0.2) is 5.82 Å². The van der Waals surface area contributed by atoms with Crippen molar-refractivity contribution >= 4 is 29.7 Å². The standard InChI is InChI=1S/C25H32N6O7/c1-2-38-25(37)31-13-11-30(12-14-31)24(36)18(8-9-21(33)34)28-23(35)19-16-20(26-10-15-32)29-22(27-19)17-6-4-3-5-7-17/h3-7,16,18,32H,2,8-15H2,1H3,(H,28,35)(H,33,34)(H,26,27,29)/t18-/m0/s1. The zero-order valence-corrected chi connectivity index (χ0v) is 21.1. The normalized spacial score (nSPS) is 13.9. The Morgan fingerprint density at radius 1 is 1.05 bits per heavy atom. The van der Waals surface area contributed by atoms with Crippen LogP contribution in [0.1, 0.15) is 30.3 Å². The van der Waals surface area contributed by atoms with Crippen LogP contribution in [0.25, 0.3) is 11.4 Å². The van der Waals surface area contributed by atoms with Gasteiger partial charge in [0.2, 0.25) is 5.91 Å². The number of piperazine rings is 1. The molecule has 13 heteroatoms. The maximum absolute atomic E-state index is 13.3. The predicted octanol–water partition coefficient (Wildman–Crippen LogP) is 0.812. The van der Waals surface area contributed by atoms with E-state index in [0.717, 1.165) is 0 Å². The maximum atomic E-state index is 13.3. The van der Waals surface area contributed by atoms with E-state index in [1.165, 1.54) is 15.9 Å². The fraction of sp³-hybridized carbons (Fsp3) is 0.440. The highest BCUT2D eigenvalue weighted by molar-refractivity contribution is 5.97. The quantitative estimate of drug-likeness (QED) is 0.327. The van der Waals surface area contributed by atoms with Crippen LogP contribution in [0, 0.1) is 0 Å². The van der Waals surface area contributed by atoms with E-state index in [1.807, 2.05) is 6.07 Å². The molecule has 204 valence electrons. The second-order valence-corrected chi connectivity index (χ2v) is 8.45. The lowest BCUT2D eigenvalue weighted by molar-refractivity contribution is -0.138. The molecule has 2 heterocycles. The minimum Gasteiger partial charge on any atom is -0.481 e. The van der Waals surface area contributed by atoms with E-state index < -0.39 is 29.9 Å². The summed E-state index contributed by atoms with van der Waals surface area (Å²) in [5.74, 6) is -1.65.